The first-order valence-corrected chi connectivity index (χ1v) is 4.75. The standard InChI is InChI=1S/C10H17NO/c1-3-8(2)11-6-10(12,7-11)9-4-5-9/h3,8-9,12H,1,4-7H2,2H3. The molecule has 1 atom stereocenters. The van der Waals surface area contributed by atoms with E-state index in [0.717, 1.165) is 13.1 Å². The van der Waals surface area contributed by atoms with E-state index in [-0.39, 0.29) is 5.60 Å². The molecule has 1 saturated heterocycles. The number of likely N-dealkylation sites (tertiary alicyclic amines) is 1. The third kappa shape index (κ3) is 1.19. The number of β-amino-alcohol motifs (C(OH)–C–C–N with tert-alkyl or cyclic N) is 1. The molecule has 0 radical (unpaired) electrons. The van der Waals surface area contributed by atoms with E-state index < -0.39 is 0 Å². The summed E-state index contributed by atoms with van der Waals surface area (Å²) in [7, 11) is 0. The van der Waals surface area contributed by atoms with E-state index in [9.17, 15) is 5.11 Å². The van der Waals surface area contributed by atoms with E-state index in [4.69, 9.17) is 0 Å². The molecule has 2 fully saturated rings. The maximum atomic E-state index is 9.99. The molecule has 1 unspecified atom stereocenters. The van der Waals surface area contributed by atoms with Crippen molar-refractivity contribution in [3.8, 4) is 0 Å². The highest BCUT2D eigenvalue weighted by atomic mass is 16.3. The van der Waals surface area contributed by atoms with Gasteiger partial charge < -0.3 is 5.11 Å². The minimum Gasteiger partial charge on any atom is -0.387 e. The molecule has 68 valence electrons. The Morgan fingerprint density at radius 3 is 2.58 bits per heavy atom. The fourth-order valence-corrected chi connectivity index (χ4v) is 1.97. The molecule has 1 N–H and O–H groups in total. The van der Waals surface area contributed by atoms with Crippen molar-refractivity contribution in [1.29, 1.82) is 0 Å². The molecule has 12 heavy (non-hydrogen) atoms. The molecule has 1 saturated carbocycles. The molecule has 2 heteroatoms. The van der Waals surface area contributed by atoms with Crippen molar-refractivity contribution in [2.24, 2.45) is 5.92 Å². The van der Waals surface area contributed by atoms with Crippen molar-refractivity contribution in [3.05, 3.63) is 12.7 Å². The lowest BCUT2D eigenvalue weighted by atomic mass is 9.87. The van der Waals surface area contributed by atoms with Crippen molar-refractivity contribution in [2.45, 2.75) is 31.4 Å². The van der Waals surface area contributed by atoms with Crippen molar-refractivity contribution < 1.29 is 5.11 Å². The Morgan fingerprint density at radius 2 is 2.17 bits per heavy atom. The van der Waals surface area contributed by atoms with Crippen LogP contribution in [0.25, 0.3) is 0 Å². The van der Waals surface area contributed by atoms with E-state index in [1.807, 2.05) is 6.08 Å². The summed E-state index contributed by atoms with van der Waals surface area (Å²) in [4.78, 5) is 2.27. The lowest BCUT2D eigenvalue weighted by molar-refractivity contribution is -0.120. The number of aliphatic hydroxyl groups is 1. The molecule has 1 aliphatic carbocycles. The molecule has 0 aromatic carbocycles. The van der Waals surface area contributed by atoms with Crippen LogP contribution in [0.2, 0.25) is 0 Å². The predicted octanol–water partition coefficient (Wildman–Crippen LogP) is 1.02. The van der Waals surface area contributed by atoms with Crippen LogP contribution in [0, 0.1) is 5.92 Å². The van der Waals surface area contributed by atoms with Gasteiger partial charge in [0.15, 0.2) is 0 Å². The molecule has 2 rings (SSSR count). The average Bonchev–Trinajstić information content (AvgIpc) is 2.79. The Kier molecular flexibility index (Phi) is 1.77. The van der Waals surface area contributed by atoms with Crippen molar-refractivity contribution in [3.63, 3.8) is 0 Å². The smallest absolute Gasteiger partial charge is 0.0928 e. The topological polar surface area (TPSA) is 23.5 Å². The molecule has 2 aliphatic rings. The van der Waals surface area contributed by atoms with Crippen molar-refractivity contribution >= 4 is 0 Å². The van der Waals surface area contributed by atoms with Crippen LogP contribution < -0.4 is 0 Å². The van der Waals surface area contributed by atoms with Crippen LogP contribution in [0.3, 0.4) is 0 Å². The Labute approximate surface area is 73.9 Å². The molecule has 0 amide bonds. The monoisotopic (exact) mass is 167 g/mol. The number of hydrogen-bond donors (Lipinski definition) is 1. The van der Waals surface area contributed by atoms with Gasteiger partial charge in [-0.25, -0.2) is 0 Å². The van der Waals surface area contributed by atoms with E-state index in [1.54, 1.807) is 0 Å². The van der Waals surface area contributed by atoms with E-state index >= 15 is 0 Å². The van der Waals surface area contributed by atoms with Gasteiger partial charge in [-0.1, -0.05) is 6.08 Å². The summed E-state index contributed by atoms with van der Waals surface area (Å²) in [6.45, 7) is 7.58. The Morgan fingerprint density at radius 1 is 1.58 bits per heavy atom. The van der Waals surface area contributed by atoms with Crippen LogP contribution >= 0.6 is 0 Å². The summed E-state index contributed by atoms with van der Waals surface area (Å²) < 4.78 is 0. The highest BCUT2D eigenvalue weighted by Gasteiger charge is 2.52. The SMILES string of the molecule is C=CC(C)N1CC(O)(C2CC2)C1. The van der Waals surface area contributed by atoms with Crippen molar-refractivity contribution in [1.82, 2.24) is 4.90 Å². The molecular formula is C10H17NO. The molecule has 0 aromatic rings. The Hall–Kier alpha value is -0.340. The Bertz CT molecular complexity index is 192. The second-order valence-corrected chi connectivity index (χ2v) is 4.26. The second kappa shape index (κ2) is 2.57. The molecular weight excluding hydrogens is 150 g/mol. The van der Waals surface area contributed by atoms with Crippen LogP contribution in [-0.2, 0) is 0 Å². The van der Waals surface area contributed by atoms with E-state index in [2.05, 4.69) is 18.4 Å². The van der Waals surface area contributed by atoms with Gasteiger partial charge in [0, 0.05) is 19.1 Å². The van der Waals surface area contributed by atoms with Gasteiger partial charge in [0.05, 0.1) is 5.60 Å². The summed E-state index contributed by atoms with van der Waals surface area (Å²) >= 11 is 0. The minimum atomic E-state index is -0.336. The summed E-state index contributed by atoms with van der Waals surface area (Å²) in [6.07, 6.45) is 4.39. The first-order valence-electron chi connectivity index (χ1n) is 4.75. The highest BCUT2D eigenvalue weighted by Crippen LogP contribution is 2.44. The molecule has 1 aliphatic heterocycles. The largest absolute Gasteiger partial charge is 0.387 e. The first kappa shape index (κ1) is 8.27. The first-order chi connectivity index (χ1) is 5.65. The van der Waals surface area contributed by atoms with Gasteiger partial charge in [0.1, 0.15) is 0 Å². The van der Waals surface area contributed by atoms with Gasteiger partial charge in [0.2, 0.25) is 0 Å². The maximum absolute atomic E-state index is 9.99. The van der Waals surface area contributed by atoms with Crippen molar-refractivity contribution in [2.75, 3.05) is 13.1 Å². The van der Waals surface area contributed by atoms with Crippen LogP contribution in [0.4, 0.5) is 0 Å². The maximum Gasteiger partial charge on any atom is 0.0928 e. The third-order valence-electron chi connectivity index (χ3n) is 3.21. The quantitative estimate of drug-likeness (QED) is 0.634. The van der Waals surface area contributed by atoms with Gasteiger partial charge in [-0.15, -0.1) is 6.58 Å². The van der Waals surface area contributed by atoms with Crippen LogP contribution in [0.1, 0.15) is 19.8 Å². The highest BCUT2D eigenvalue weighted by molar-refractivity contribution is 5.08. The summed E-state index contributed by atoms with van der Waals surface area (Å²) in [5.74, 6) is 0.603. The van der Waals surface area contributed by atoms with Gasteiger partial charge in [0.25, 0.3) is 0 Å². The fraction of sp³-hybridized carbons (Fsp3) is 0.800. The van der Waals surface area contributed by atoms with Crippen LogP contribution in [-0.4, -0.2) is 34.7 Å². The predicted molar refractivity (Wildman–Crippen MR) is 48.9 cm³/mol. The number of hydrogen-bond acceptors (Lipinski definition) is 2. The summed E-state index contributed by atoms with van der Waals surface area (Å²) in [5, 5.41) is 9.99. The zero-order valence-electron chi connectivity index (χ0n) is 7.66. The molecule has 0 spiro atoms. The average molecular weight is 167 g/mol. The zero-order chi connectivity index (χ0) is 8.77. The Balaban J connectivity index is 1.85. The summed E-state index contributed by atoms with van der Waals surface area (Å²) in [5.41, 5.74) is -0.336. The lowest BCUT2D eigenvalue weighted by Crippen LogP contribution is -2.65. The number of rotatable bonds is 3. The molecule has 2 nitrogen and oxygen atoms in total. The van der Waals surface area contributed by atoms with Gasteiger partial charge >= 0.3 is 0 Å². The lowest BCUT2D eigenvalue weighted by Gasteiger charge is -2.49. The van der Waals surface area contributed by atoms with E-state index in [0.29, 0.717) is 12.0 Å². The fourth-order valence-electron chi connectivity index (χ4n) is 1.97. The minimum absolute atomic E-state index is 0.336. The number of nitrogens with zero attached hydrogens (tertiary/aromatic N) is 1. The second-order valence-electron chi connectivity index (χ2n) is 4.26. The van der Waals surface area contributed by atoms with Gasteiger partial charge in [-0.05, 0) is 25.7 Å². The molecule has 0 aromatic heterocycles. The zero-order valence-corrected chi connectivity index (χ0v) is 7.66. The van der Waals surface area contributed by atoms with Crippen LogP contribution in [0.5, 0.6) is 0 Å². The normalized spacial score (nSPS) is 30.8. The molecule has 1 heterocycles. The van der Waals surface area contributed by atoms with Gasteiger partial charge in [-0.2, -0.15) is 0 Å². The van der Waals surface area contributed by atoms with E-state index in [1.165, 1.54) is 12.8 Å². The van der Waals surface area contributed by atoms with Crippen LogP contribution in [0.15, 0.2) is 12.7 Å². The summed E-state index contributed by atoms with van der Waals surface area (Å²) in [6, 6.07) is 0.420. The third-order valence-corrected chi connectivity index (χ3v) is 3.21. The molecule has 0 bridgehead atoms. The van der Waals surface area contributed by atoms with Gasteiger partial charge in [-0.3, -0.25) is 4.90 Å².